The molecule has 0 bridgehead atoms. The Kier molecular flexibility index (Phi) is 5.92. The minimum absolute atomic E-state index is 0.146. The van der Waals surface area contributed by atoms with Crippen LogP contribution in [0.5, 0.6) is 0 Å². The maximum absolute atomic E-state index is 10.9. The number of carbonyl (C=O) groups excluding carboxylic acids is 2. The van der Waals surface area contributed by atoms with Crippen LogP contribution in [0.25, 0.3) is 0 Å². The van der Waals surface area contributed by atoms with Gasteiger partial charge >= 0.3 is 11.9 Å². The Morgan fingerprint density at radius 2 is 1.86 bits per heavy atom. The van der Waals surface area contributed by atoms with Crippen LogP contribution >= 0.6 is 0 Å². The molecule has 2 unspecified atom stereocenters. The van der Waals surface area contributed by atoms with E-state index in [1.54, 1.807) is 0 Å². The summed E-state index contributed by atoms with van der Waals surface area (Å²) in [6, 6.07) is 0. The molecule has 0 radical (unpaired) electrons. The van der Waals surface area contributed by atoms with Crippen LogP contribution in [0.15, 0.2) is 0 Å². The molecule has 0 amide bonds. The lowest BCUT2D eigenvalue weighted by Crippen LogP contribution is -2.17. The van der Waals surface area contributed by atoms with Gasteiger partial charge in [-0.05, 0) is 19.3 Å². The fourth-order valence-electron chi connectivity index (χ4n) is 1.35. The van der Waals surface area contributed by atoms with Gasteiger partial charge in [0, 0.05) is 13.3 Å². The smallest absolute Gasteiger partial charge is 0.305 e. The van der Waals surface area contributed by atoms with Gasteiger partial charge in [-0.15, -0.1) is 0 Å². The second-order valence-corrected chi connectivity index (χ2v) is 3.54. The van der Waals surface area contributed by atoms with E-state index in [2.05, 4.69) is 4.74 Å². The zero-order valence-corrected chi connectivity index (χ0v) is 9.20. The summed E-state index contributed by atoms with van der Waals surface area (Å²) in [5, 5.41) is 0. The lowest BCUT2D eigenvalue weighted by atomic mass is 10.0. The van der Waals surface area contributed by atoms with Gasteiger partial charge in [0.15, 0.2) is 0 Å². The van der Waals surface area contributed by atoms with Crippen molar-refractivity contribution < 1.29 is 19.1 Å². The lowest BCUT2D eigenvalue weighted by molar-refractivity contribution is -0.146. The monoisotopic (exact) mass is 202 g/mol. The molecule has 0 heterocycles. The number of rotatable bonds is 5. The van der Waals surface area contributed by atoms with Gasteiger partial charge in [0.1, 0.15) is 0 Å². The Bertz CT molecular complexity index is 200. The predicted octanol–water partition coefficient (Wildman–Crippen LogP) is 1.53. The van der Waals surface area contributed by atoms with Gasteiger partial charge in [-0.2, -0.15) is 0 Å². The summed E-state index contributed by atoms with van der Waals surface area (Å²) in [5.74, 6) is -0.355. The number of carbonyl (C=O) groups is 2. The Morgan fingerprint density at radius 1 is 1.29 bits per heavy atom. The first kappa shape index (κ1) is 12.9. The van der Waals surface area contributed by atoms with Gasteiger partial charge in [-0.3, -0.25) is 9.59 Å². The van der Waals surface area contributed by atoms with E-state index < -0.39 is 0 Å². The molecule has 0 N–H and O–H groups in total. The first-order chi connectivity index (χ1) is 6.45. The second-order valence-electron chi connectivity index (χ2n) is 3.54. The highest BCUT2D eigenvalue weighted by atomic mass is 16.5. The Morgan fingerprint density at radius 3 is 2.29 bits per heavy atom. The third-order valence-electron chi connectivity index (χ3n) is 1.84. The Hall–Kier alpha value is -1.06. The van der Waals surface area contributed by atoms with Crippen LogP contribution in [0, 0.1) is 5.92 Å². The van der Waals surface area contributed by atoms with Crippen LogP contribution < -0.4 is 0 Å². The van der Waals surface area contributed by atoms with E-state index in [9.17, 15) is 9.59 Å². The molecule has 4 heteroatoms. The van der Waals surface area contributed by atoms with E-state index in [0.717, 1.165) is 0 Å². The molecule has 14 heavy (non-hydrogen) atoms. The van der Waals surface area contributed by atoms with E-state index in [0.29, 0.717) is 12.8 Å². The van der Waals surface area contributed by atoms with Crippen molar-refractivity contribution in [2.75, 3.05) is 7.11 Å². The van der Waals surface area contributed by atoms with Crippen LogP contribution in [0.1, 0.15) is 33.6 Å². The molecule has 0 aliphatic carbocycles. The molecule has 2 atom stereocenters. The van der Waals surface area contributed by atoms with E-state index in [-0.39, 0.29) is 24.0 Å². The molecule has 0 aliphatic heterocycles. The average molecular weight is 202 g/mol. The number of methoxy groups -OCH3 is 1. The molecule has 82 valence electrons. The zero-order valence-electron chi connectivity index (χ0n) is 9.20. The maximum Gasteiger partial charge on any atom is 0.305 e. The molecule has 0 aromatic rings. The maximum atomic E-state index is 10.9. The average Bonchev–Trinajstić information content (AvgIpc) is 2.01. The fourth-order valence-corrected chi connectivity index (χ4v) is 1.35. The van der Waals surface area contributed by atoms with Crippen LogP contribution in [0.3, 0.4) is 0 Å². The number of hydrogen-bond donors (Lipinski definition) is 0. The topological polar surface area (TPSA) is 52.6 Å². The Labute approximate surface area is 84.6 Å². The van der Waals surface area contributed by atoms with Crippen molar-refractivity contribution in [2.45, 2.75) is 39.7 Å². The summed E-state index contributed by atoms with van der Waals surface area (Å²) < 4.78 is 9.48. The molecule has 0 saturated heterocycles. The quantitative estimate of drug-likeness (QED) is 0.634. The molecule has 0 aromatic heterocycles. The van der Waals surface area contributed by atoms with E-state index >= 15 is 0 Å². The van der Waals surface area contributed by atoms with Gasteiger partial charge in [-0.1, -0.05) is 6.92 Å². The summed E-state index contributed by atoms with van der Waals surface area (Å²) in [4.78, 5) is 21.5. The van der Waals surface area contributed by atoms with E-state index in [1.165, 1.54) is 14.0 Å². The van der Waals surface area contributed by atoms with Crippen molar-refractivity contribution >= 4 is 11.9 Å². The molecule has 0 rings (SSSR count). The van der Waals surface area contributed by atoms with Crippen molar-refractivity contribution in [3.8, 4) is 0 Å². The van der Waals surface area contributed by atoms with Crippen LogP contribution in [-0.2, 0) is 19.1 Å². The molecule has 0 spiro atoms. The fraction of sp³-hybridized carbons (Fsp3) is 0.800. The van der Waals surface area contributed by atoms with Crippen molar-refractivity contribution in [3.05, 3.63) is 0 Å². The highest BCUT2D eigenvalue weighted by Gasteiger charge is 2.14. The third-order valence-corrected chi connectivity index (χ3v) is 1.84. The third kappa shape index (κ3) is 6.46. The molecular weight excluding hydrogens is 184 g/mol. The number of esters is 2. The molecule has 0 aliphatic rings. The number of hydrogen-bond acceptors (Lipinski definition) is 4. The first-order valence-electron chi connectivity index (χ1n) is 4.69. The van der Waals surface area contributed by atoms with Crippen molar-refractivity contribution in [3.63, 3.8) is 0 Å². The molecular formula is C10H18O4. The molecule has 4 nitrogen and oxygen atoms in total. The van der Waals surface area contributed by atoms with Crippen molar-refractivity contribution in [1.29, 1.82) is 0 Å². The summed E-state index contributed by atoms with van der Waals surface area (Å²) in [6.45, 7) is 5.12. The normalized spacial score (nSPS) is 14.3. The Balaban J connectivity index is 3.75. The second kappa shape index (κ2) is 6.40. The van der Waals surface area contributed by atoms with E-state index in [1.807, 2.05) is 13.8 Å². The largest absolute Gasteiger partial charge is 0.469 e. The van der Waals surface area contributed by atoms with Crippen LogP contribution in [0.2, 0.25) is 0 Å². The van der Waals surface area contributed by atoms with E-state index in [4.69, 9.17) is 4.74 Å². The standard InChI is InChI=1S/C10H18O4/c1-7(6-10(12)13-4)5-8(2)14-9(3)11/h7-8H,5-6H2,1-4H3. The highest BCUT2D eigenvalue weighted by Crippen LogP contribution is 2.13. The lowest BCUT2D eigenvalue weighted by Gasteiger charge is -2.16. The van der Waals surface area contributed by atoms with Gasteiger partial charge in [0.05, 0.1) is 13.2 Å². The molecule has 0 fully saturated rings. The summed E-state index contributed by atoms with van der Waals surface area (Å²) >= 11 is 0. The van der Waals surface area contributed by atoms with Gasteiger partial charge in [-0.25, -0.2) is 0 Å². The summed E-state index contributed by atoms with van der Waals surface area (Å²) in [7, 11) is 1.37. The highest BCUT2D eigenvalue weighted by molar-refractivity contribution is 5.69. The van der Waals surface area contributed by atoms with Gasteiger partial charge in [0.25, 0.3) is 0 Å². The van der Waals surface area contributed by atoms with Gasteiger partial charge < -0.3 is 9.47 Å². The van der Waals surface area contributed by atoms with Crippen LogP contribution in [0.4, 0.5) is 0 Å². The predicted molar refractivity (Wildman–Crippen MR) is 51.6 cm³/mol. The number of ether oxygens (including phenoxy) is 2. The molecule has 0 aromatic carbocycles. The minimum atomic E-state index is -0.289. The van der Waals surface area contributed by atoms with Crippen molar-refractivity contribution in [2.24, 2.45) is 5.92 Å². The zero-order chi connectivity index (χ0) is 11.1. The SMILES string of the molecule is COC(=O)CC(C)CC(C)OC(C)=O. The van der Waals surface area contributed by atoms with Crippen molar-refractivity contribution in [1.82, 2.24) is 0 Å². The van der Waals surface area contributed by atoms with Gasteiger partial charge in [0.2, 0.25) is 0 Å². The summed E-state index contributed by atoms with van der Waals surface area (Å²) in [6.07, 6.45) is 0.892. The first-order valence-corrected chi connectivity index (χ1v) is 4.69. The minimum Gasteiger partial charge on any atom is -0.469 e. The van der Waals surface area contributed by atoms with Crippen LogP contribution in [-0.4, -0.2) is 25.2 Å². The molecule has 0 saturated carbocycles. The summed E-state index contributed by atoms with van der Waals surface area (Å²) in [5.41, 5.74) is 0.